The molecule has 92 valence electrons. The minimum absolute atomic E-state index is 0.0729. The summed E-state index contributed by atoms with van der Waals surface area (Å²) in [5.41, 5.74) is 0. The van der Waals surface area contributed by atoms with Crippen molar-refractivity contribution in [3.8, 4) is 0 Å². The van der Waals surface area contributed by atoms with Gasteiger partial charge in [-0.3, -0.25) is 9.36 Å². The van der Waals surface area contributed by atoms with Crippen LogP contribution < -0.4 is 5.30 Å². The zero-order chi connectivity index (χ0) is 12.7. The van der Waals surface area contributed by atoms with E-state index in [2.05, 4.69) is 6.58 Å². The van der Waals surface area contributed by atoms with Crippen LogP contribution >= 0.6 is 7.37 Å². The maximum absolute atomic E-state index is 11.9. The summed E-state index contributed by atoms with van der Waals surface area (Å²) in [7, 11) is -3.46. The van der Waals surface area contributed by atoms with Gasteiger partial charge in [-0.2, -0.15) is 0 Å². The van der Waals surface area contributed by atoms with E-state index in [0.717, 1.165) is 0 Å². The molecule has 5 heteroatoms. The molecule has 1 rings (SSSR count). The van der Waals surface area contributed by atoms with E-state index < -0.39 is 13.3 Å². The van der Waals surface area contributed by atoms with Gasteiger partial charge >= 0.3 is 5.97 Å². The van der Waals surface area contributed by atoms with Gasteiger partial charge in [-0.05, 0) is 12.1 Å². The van der Waals surface area contributed by atoms with Crippen molar-refractivity contribution in [1.82, 2.24) is 0 Å². The van der Waals surface area contributed by atoms with Crippen molar-refractivity contribution >= 4 is 18.6 Å². The molecule has 4 nitrogen and oxygen atoms in total. The van der Waals surface area contributed by atoms with Gasteiger partial charge in [-0.1, -0.05) is 30.9 Å². The van der Waals surface area contributed by atoms with E-state index in [4.69, 9.17) is 4.74 Å². The topological polar surface area (TPSA) is 63.6 Å². The quantitative estimate of drug-likeness (QED) is 0.477. The largest absolute Gasteiger partial charge is 0.461 e. The Morgan fingerprint density at radius 3 is 2.65 bits per heavy atom. The number of rotatable bonds is 6. The Morgan fingerprint density at radius 2 is 2.06 bits per heavy atom. The molecule has 1 aromatic rings. The maximum atomic E-state index is 11.9. The summed E-state index contributed by atoms with van der Waals surface area (Å²) in [6.07, 6.45) is 1.27. The standard InChI is InChI=1S/C12H15O4P/c1-2-9-16-12(13)8-10-17(14,15)11-6-4-3-5-7-11/h2-7H,1,8-10H2,(H,14,15). The molecule has 0 saturated heterocycles. The van der Waals surface area contributed by atoms with Crippen LogP contribution in [0.15, 0.2) is 43.0 Å². The van der Waals surface area contributed by atoms with Crippen molar-refractivity contribution in [2.45, 2.75) is 6.42 Å². The summed E-state index contributed by atoms with van der Waals surface area (Å²) >= 11 is 0. The van der Waals surface area contributed by atoms with Crippen molar-refractivity contribution in [2.75, 3.05) is 12.8 Å². The second-order valence-electron chi connectivity index (χ2n) is 3.48. The van der Waals surface area contributed by atoms with Crippen LogP contribution in [0.5, 0.6) is 0 Å². The molecule has 0 aliphatic carbocycles. The van der Waals surface area contributed by atoms with Gasteiger partial charge < -0.3 is 9.63 Å². The van der Waals surface area contributed by atoms with Crippen LogP contribution in [0.1, 0.15) is 6.42 Å². The highest BCUT2D eigenvalue weighted by Gasteiger charge is 2.22. The highest BCUT2D eigenvalue weighted by atomic mass is 31.2. The summed E-state index contributed by atoms with van der Waals surface area (Å²) < 4.78 is 16.7. The molecule has 0 amide bonds. The van der Waals surface area contributed by atoms with Crippen LogP contribution in [-0.4, -0.2) is 23.6 Å². The number of hydrogen-bond acceptors (Lipinski definition) is 3. The van der Waals surface area contributed by atoms with E-state index in [1.807, 2.05) is 0 Å². The lowest BCUT2D eigenvalue weighted by Crippen LogP contribution is -2.12. The average molecular weight is 254 g/mol. The van der Waals surface area contributed by atoms with Crippen molar-refractivity contribution in [1.29, 1.82) is 0 Å². The lowest BCUT2D eigenvalue weighted by molar-refractivity contribution is -0.141. The predicted octanol–water partition coefficient (Wildman–Crippen LogP) is 1.70. The van der Waals surface area contributed by atoms with Crippen LogP contribution in [-0.2, 0) is 14.1 Å². The van der Waals surface area contributed by atoms with Gasteiger partial charge in [0.15, 0.2) is 0 Å². The molecule has 1 unspecified atom stereocenters. The smallest absolute Gasteiger partial charge is 0.306 e. The monoisotopic (exact) mass is 254 g/mol. The third-order valence-electron chi connectivity index (χ3n) is 2.14. The van der Waals surface area contributed by atoms with E-state index in [1.165, 1.54) is 6.08 Å². The molecule has 1 aromatic carbocycles. The Balaban J connectivity index is 2.53. The molecule has 1 N–H and O–H groups in total. The molecule has 0 heterocycles. The first-order valence-electron chi connectivity index (χ1n) is 5.20. The lowest BCUT2D eigenvalue weighted by atomic mass is 10.4. The molecule has 0 aliphatic rings. The van der Waals surface area contributed by atoms with E-state index in [1.54, 1.807) is 30.3 Å². The Bertz CT molecular complexity index is 427. The zero-order valence-corrected chi connectivity index (χ0v) is 10.3. The first kappa shape index (κ1) is 13.7. The average Bonchev–Trinajstić information content (AvgIpc) is 2.35. The number of carbonyl (C=O) groups excluding carboxylic acids is 1. The molecule has 0 bridgehead atoms. The van der Waals surface area contributed by atoms with Crippen molar-refractivity contribution in [2.24, 2.45) is 0 Å². The van der Waals surface area contributed by atoms with Crippen LogP contribution in [0.4, 0.5) is 0 Å². The minimum atomic E-state index is -3.46. The Labute approximate surface area is 100 Å². The fraction of sp³-hybridized carbons (Fsp3) is 0.250. The molecule has 0 saturated carbocycles. The van der Waals surface area contributed by atoms with Gasteiger partial charge in [0.05, 0.1) is 6.42 Å². The summed E-state index contributed by atoms with van der Waals surface area (Å²) in [5, 5.41) is 0.358. The third-order valence-corrected chi connectivity index (χ3v) is 4.08. The van der Waals surface area contributed by atoms with Crippen molar-refractivity contribution in [3.63, 3.8) is 0 Å². The Hall–Kier alpha value is -1.38. The molecule has 0 radical (unpaired) electrons. The van der Waals surface area contributed by atoms with E-state index in [-0.39, 0.29) is 19.2 Å². The molecular weight excluding hydrogens is 239 g/mol. The molecule has 17 heavy (non-hydrogen) atoms. The van der Waals surface area contributed by atoms with E-state index >= 15 is 0 Å². The van der Waals surface area contributed by atoms with Crippen LogP contribution in [0.25, 0.3) is 0 Å². The van der Waals surface area contributed by atoms with Crippen LogP contribution in [0, 0.1) is 0 Å². The summed E-state index contributed by atoms with van der Waals surface area (Å²) in [6, 6.07) is 8.30. The predicted molar refractivity (Wildman–Crippen MR) is 66.5 cm³/mol. The van der Waals surface area contributed by atoms with Gasteiger partial charge in [0.1, 0.15) is 6.61 Å². The van der Waals surface area contributed by atoms with Gasteiger partial charge in [-0.25, -0.2) is 0 Å². The number of ether oxygens (including phenoxy) is 1. The van der Waals surface area contributed by atoms with Gasteiger partial charge in [-0.15, -0.1) is 0 Å². The SMILES string of the molecule is C=CCOC(=O)CCP(=O)(O)c1ccccc1. The van der Waals surface area contributed by atoms with Crippen LogP contribution in [0.2, 0.25) is 0 Å². The second-order valence-corrected chi connectivity index (χ2v) is 5.85. The molecule has 0 aliphatic heterocycles. The Morgan fingerprint density at radius 1 is 1.41 bits per heavy atom. The zero-order valence-electron chi connectivity index (χ0n) is 9.41. The lowest BCUT2D eigenvalue weighted by Gasteiger charge is -2.10. The van der Waals surface area contributed by atoms with Crippen molar-refractivity contribution in [3.05, 3.63) is 43.0 Å². The van der Waals surface area contributed by atoms with Crippen molar-refractivity contribution < 1.29 is 19.0 Å². The number of esters is 1. The number of carbonyl (C=O) groups is 1. The van der Waals surface area contributed by atoms with Gasteiger partial charge in [0, 0.05) is 11.5 Å². The van der Waals surface area contributed by atoms with Crippen LogP contribution in [0.3, 0.4) is 0 Å². The summed E-state index contributed by atoms with van der Waals surface area (Å²) in [6.45, 7) is 3.53. The Kier molecular flexibility index (Phi) is 5.13. The van der Waals surface area contributed by atoms with E-state index in [0.29, 0.717) is 5.30 Å². The molecule has 1 atom stereocenters. The first-order chi connectivity index (χ1) is 8.06. The van der Waals surface area contributed by atoms with E-state index in [9.17, 15) is 14.3 Å². The summed E-state index contributed by atoms with van der Waals surface area (Å²) in [4.78, 5) is 21.0. The second kappa shape index (κ2) is 6.38. The maximum Gasteiger partial charge on any atom is 0.306 e. The number of benzene rings is 1. The highest BCUT2D eigenvalue weighted by Crippen LogP contribution is 2.39. The fourth-order valence-corrected chi connectivity index (χ4v) is 2.64. The number of hydrogen-bond donors (Lipinski definition) is 1. The molecule has 0 spiro atoms. The minimum Gasteiger partial charge on any atom is -0.461 e. The van der Waals surface area contributed by atoms with Gasteiger partial charge in [0.2, 0.25) is 7.37 Å². The third kappa shape index (κ3) is 4.55. The molecular formula is C12H15O4P. The molecule has 0 aromatic heterocycles. The van der Waals surface area contributed by atoms with Gasteiger partial charge in [0.25, 0.3) is 0 Å². The fourth-order valence-electron chi connectivity index (χ4n) is 1.26. The highest BCUT2D eigenvalue weighted by molar-refractivity contribution is 7.66. The first-order valence-corrected chi connectivity index (χ1v) is 7.04. The summed E-state index contributed by atoms with van der Waals surface area (Å²) in [5.74, 6) is -0.491. The normalized spacial score (nSPS) is 13.7. The molecule has 0 fully saturated rings.